The lowest BCUT2D eigenvalue weighted by atomic mass is 9.97. The molecule has 84 valence electrons. The van der Waals surface area contributed by atoms with Crippen LogP contribution in [0, 0.1) is 0 Å². The Kier molecular flexibility index (Phi) is 9.13. The van der Waals surface area contributed by atoms with E-state index in [0.29, 0.717) is 0 Å². The largest absolute Gasteiger partial charge is 0.0741 e. The van der Waals surface area contributed by atoms with E-state index in [1.807, 2.05) is 0 Å². The Balaban J connectivity index is 3.92. The van der Waals surface area contributed by atoms with Gasteiger partial charge in [0.25, 0.3) is 0 Å². The Bertz CT molecular complexity index is 153. The average Bonchev–Trinajstić information content (AvgIpc) is 2.19. The van der Waals surface area contributed by atoms with Gasteiger partial charge in [0.05, 0.1) is 0 Å². The summed E-state index contributed by atoms with van der Waals surface area (Å²) >= 11 is 0. The Morgan fingerprint density at radius 1 is 0.786 bits per heavy atom. The fourth-order valence-corrected chi connectivity index (χ4v) is 1.90. The van der Waals surface area contributed by atoms with Crippen LogP contribution in [0.15, 0.2) is 11.1 Å². The van der Waals surface area contributed by atoms with Gasteiger partial charge in [-0.05, 0) is 39.0 Å². The van der Waals surface area contributed by atoms with Crippen molar-refractivity contribution >= 4 is 0 Å². The van der Waals surface area contributed by atoms with Crippen molar-refractivity contribution in [3.05, 3.63) is 11.1 Å². The van der Waals surface area contributed by atoms with Gasteiger partial charge in [0, 0.05) is 0 Å². The van der Waals surface area contributed by atoms with Gasteiger partial charge >= 0.3 is 0 Å². The molecule has 0 heterocycles. The summed E-state index contributed by atoms with van der Waals surface area (Å²) in [6, 6.07) is 0. The van der Waals surface area contributed by atoms with E-state index in [-0.39, 0.29) is 0 Å². The number of hydrogen-bond donors (Lipinski definition) is 0. The van der Waals surface area contributed by atoms with Gasteiger partial charge in [-0.25, -0.2) is 0 Å². The van der Waals surface area contributed by atoms with Crippen LogP contribution in [0.1, 0.15) is 79.1 Å². The maximum absolute atomic E-state index is 2.34. The molecule has 0 rings (SSSR count). The second-order valence-corrected chi connectivity index (χ2v) is 4.30. The quantitative estimate of drug-likeness (QED) is 0.356. The number of hydrogen-bond acceptors (Lipinski definition) is 0. The van der Waals surface area contributed by atoms with Gasteiger partial charge < -0.3 is 0 Å². The fraction of sp³-hybridized carbons (Fsp3) is 0.857. The molecule has 0 saturated heterocycles. The van der Waals surface area contributed by atoms with E-state index in [9.17, 15) is 0 Å². The third-order valence-corrected chi connectivity index (χ3v) is 3.02. The summed E-state index contributed by atoms with van der Waals surface area (Å²) in [4.78, 5) is 0. The van der Waals surface area contributed by atoms with Gasteiger partial charge in [0.1, 0.15) is 0 Å². The van der Waals surface area contributed by atoms with Crippen LogP contribution in [-0.4, -0.2) is 0 Å². The van der Waals surface area contributed by atoms with Crippen LogP contribution in [0.2, 0.25) is 0 Å². The highest BCUT2D eigenvalue weighted by Crippen LogP contribution is 2.20. The molecule has 0 N–H and O–H groups in total. The van der Waals surface area contributed by atoms with Crippen LogP contribution >= 0.6 is 0 Å². The first-order valence-corrected chi connectivity index (χ1v) is 6.43. The van der Waals surface area contributed by atoms with Crippen LogP contribution in [-0.2, 0) is 0 Å². The van der Waals surface area contributed by atoms with Crippen molar-refractivity contribution in [2.75, 3.05) is 0 Å². The van der Waals surface area contributed by atoms with Gasteiger partial charge in [-0.15, -0.1) is 0 Å². The molecule has 0 nitrogen and oxygen atoms in total. The molecule has 0 bridgehead atoms. The normalized spacial score (nSPS) is 12.9. The molecular weight excluding hydrogens is 168 g/mol. The lowest BCUT2D eigenvalue weighted by Crippen LogP contribution is -1.89. The van der Waals surface area contributed by atoms with E-state index in [2.05, 4.69) is 27.7 Å². The third-order valence-electron chi connectivity index (χ3n) is 3.02. The second-order valence-electron chi connectivity index (χ2n) is 4.30. The lowest BCUT2D eigenvalue weighted by Gasteiger charge is -2.09. The van der Waals surface area contributed by atoms with Gasteiger partial charge in [-0.1, -0.05) is 51.2 Å². The number of rotatable bonds is 8. The zero-order chi connectivity index (χ0) is 10.8. The predicted molar refractivity (Wildman–Crippen MR) is 66.7 cm³/mol. The molecule has 0 aromatic heterocycles. The molecule has 0 radical (unpaired) electrons. The van der Waals surface area contributed by atoms with Crippen LogP contribution in [0.4, 0.5) is 0 Å². The first kappa shape index (κ1) is 13.7. The zero-order valence-electron chi connectivity index (χ0n) is 10.7. The first-order chi connectivity index (χ1) is 6.76. The fourth-order valence-electron chi connectivity index (χ4n) is 1.90. The molecular formula is C14H28. The predicted octanol–water partition coefficient (Wildman–Crippen LogP) is 5.48. The van der Waals surface area contributed by atoms with Gasteiger partial charge in [-0.2, -0.15) is 0 Å². The summed E-state index contributed by atoms with van der Waals surface area (Å²) in [5.41, 5.74) is 3.40. The highest BCUT2D eigenvalue weighted by Gasteiger charge is 2.00. The van der Waals surface area contributed by atoms with Gasteiger partial charge in [0.2, 0.25) is 0 Å². The highest BCUT2D eigenvalue weighted by atomic mass is 14.1. The van der Waals surface area contributed by atoms with Crippen LogP contribution < -0.4 is 0 Å². The standard InChI is InChI=1S/C14H28/c1-5-8-10-11-13(4)14(7-3)12-9-6-2/h5-12H2,1-4H3/b14-13-. The SMILES string of the molecule is CCCCC/C(C)=C(/CC)CCCC. The molecule has 0 amide bonds. The van der Waals surface area contributed by atoms with Crippen LogP contribution in [0.3, 0.4) is 0 Å². The van der Waals surface area contributed by atoms with E-state index in [0.717, 1.165) is 0 Å². The molecule has 0 spiro atoms. The molecule has 14 heavy (non-hydrogen) atoms. The molecule has 0 saturated carbocycles. The Hall–Kier alpha value is -0.260. The molecule has 0 aromatic rings. The molecule has 0 aliphatic rings. The van der Waals surface area contributed by atoms with Gasteiger partial charge in [0.15, 0.2) is 0 Å². The molecule has 0 unspecified atom stereocenters. The van der Waals surface area contributed by atoms with Crippen molar-refractivity contribution in [3.63, 3.8) is 0 Å². The van der Waals surface area contributed by atoms with Crippen molar-refractivity contribution in [2.24, 2.45) is 0 Å². The molecule has 0 aromatic carbocycles. The van der Waals surface area contributed by atoms with E-state index in [1.165, 1.54) is 51.4 Å². The van der Waals surface area contributed by atoms with Crippen molar-refractivity contribution in [1.82, 2.24) is 0 Å². The third kappa shape index (κ3) is 6.23. The summed E-state index contributed by atoms with van der Waals surface area (Å²) in [6.07, 6.45) is 10.7. The van der Waals surface area contributed by atoms with Crippen molar-refractivity contribution in [1.29, 1.82) is 0 Å². The van der Waals surface area contributed by atoms with Gasteiger partial charge in [-0.3, -0.25) is 0 Å². The monoisotopic (exact) mass is 196 g/mol. The Labute approximate surface area is 90.8 Å². The molecule has 0 atom stereocenters. The summed E-state index contributed by atoms with van der Waals surface area (Å²) in [5, 5.41) is 0. The maximum Gasteiger partial charge on any atom is -0.0318 e. The zero-order valence-corrected chi connectivity index (χ0v) is 10.7. The van der Waals surface area contributed by atoms with Crippen molar-refractivity contribution < 1.29 is 0 Å². The Morgan fingerprint density at radius 3 is 1.93 bits per heavy atom. The first-order valence-electron chi connectivity index (χ1n) is 6.43. The van der Waals surface area contributed by atoms with Crippen LogP contribution in [0.25, 0.3) is 0 Å². The summed E-state index contributed by atoms with van der Waals surface area (Å²) in [5.74, 6) is 0. The summed E-state index contributed by atoms with van der Waals surface area (Å²) in [6.45, 7) is 9.19. The maximum atomic E-state index is 2.34. The minimum absolute atomic E-state index is 1.26. The lowest BCUT2D eigenvalue weighted by molar-refractivity contribution is 0.693. The smallest absolute Gasteiger partial charge is 0.0318 e. The van der Waals surface area contributed by atoms with Crippen molar-refractivity contribution in [2.45, 2.75) is 79.1 Å². The molecule has 0 heteroatoms. The number of allylic oxidation sites excluding steroid dienone is 2. The topological polar surface area (TPSA) is 0 Å². The molecule has 0 fully saturated rings. The van der Waals surface area contributed by atoms with Crippen molar-refractivity contribution in [3.8, 4) is 0 Å². The Morgan fingerprint density at radius 2 is 1.43 bits per heavy atom. The number of unbranched alkanes of at least 4 members (excludes halogenated alkanes) is 3. The van der Waals surface area contributed by atoms with Crippen LogP contribution in [0.5, 0.6) is 0 Å². The molecule has 0 aliphatic carbocycles. The van der Waals surface area contributed by atoms with E-state index in [1.54, 1.807) is 11.1 Å². The van der Waals surface area contributed by atoms with E-state index < -0.39 is 0 Å². The second kappa shape index (κ2) is 9.30. The minimum atomic E-state index is 1.26. The highest BCUT2D eigenvalue weighted by molar-refractivity contribution is 5.11. The minimum Gasteiger partial charge on any atom is -0.0741 e. The van der Waals surface area contributed by atoms with E-state index >= 15 is 0 Å². The average molecular weight is 196 g/mol. The summed E-state index contributed by atoms with van der Waals surface area (Å²) in [7, 11) is 0. The molecule has 0 aliphatic heterocycles. The summed E-state index contributed by atoms with van der Waals surface area (Å²) < 4.78 is 0. The van der Waals surface area contributed by atoms with E-state index in [4.69, 9.17) is 0 Å².